The molecule has 2 heterocycles. The molecule has 0 aliphatic carbocycles. The van der Waals surface area contributed by atoms with E-state index in [2.05, 4.69) is 20.2 Å². The molecule has 54 valence electrons. The Hall–Kier alpha value is -1.29. The molecular weight excluding hydrogens is 164 g/mol. The van der Waals surface area contributed by atoms with Gasteiger partial charge in [0.25, 0.3) is 0 Å². The summed E-state index contributed by atoms with van der Waals surface area (Å²) in [6.07, 6.45) is 3.14. The number of fused-ring (bicyclic) bond motifs is 1. The Morgan fingerprint density at radius 3 is 2.82 bits per heavy atom. The Bertz CT molecular complexity index is 389. The molecule has 2 aromatic rings. The molecule has 2 aromatic heterocycles. The summed E-state index contributed by atoms with van der Waals surface area (Å²) in [5.41, 5.74) is 1.17. The van der Waals surface area contributed by atoms with Gasteiger partial charge < -0.3 is 0 Å². The summed E-state index contributed by atoms with van der Waals surface area (Å²) in [6.45, 7) is 0. The van der Waals surface area contributed by atoms with Crippen LogP contribution in [0.15, 0.2) is 18.5 Å². The molecule has 0 aliphatic heterocycles. The molecule has 0 bridgehead atoms. The highest BCUT2D eigenvalue weighted by Gasteiger charge is 1.96. The maximum Gasteiger partial charge on any atom is 0.200 e. The van der Waals surface area contributed by atoms with Gasteiger partial charge in [0.15, 0.2) is 5.15 Å². The zero-order chi connectivity index (χ0) is 7.68. The highest BCUT2D eigenvalue weighted by molar-refractivity contribution is 6.29. The highest BCUT2D eigenvalue weighted by Crippen LogP contribution is 2.07. The minimum Gasteiger partial charge on any atom is -0.251 e. The molecule has 5 heteroatoms. The van der Waals surface area contributed by atoms with Crippen molar-refractivity contribution in [2.24, 2.45) is 0 Å². The molecular formula is C6H3ClN4. The lowest BCUT2D eigenvalue weighted by atomic mass is 10.5. The summed E-state index contributed by atoms with van der Waals surface area (Å²) in [6, 6.07) is 1.62. The molecule has 0 aliphatic rings. The van der Waals surface area contributed by atoms with Crippen LogP contribution in [-0.2, 0) is 0 Å². The zero-order valence-electron chi connectivity index (χ0n) is 5.40. The van der Waals surface area contributed by atoms with E-state index in [0.29, 0.717) is 16.3 Å². The van der Waals surface area contributed by atoms with Crippen LogP contribution in [0.5, 0.6) is 0 Å². The molecule has 0 saturated carbocycles. The van der Waals surface area contributed by atoms with Gasteiger partial charge in [-0.25, -0.2) is 4.98 Å². The summed E-state index contributed by atoms with van der Waals surface area (Å²) in [5, 5.41) is 7.68. The third-order valence-corrected chi connectivity index (χ3v) is 1.39. The third kappa shape index (κ3) is 1.12. The molecule has 0 unspecified atom stereocenters. The first kappa shape index (κ1) is 6.42. The Kier molecular flexibility index (Phi) is 1.40. The lowest BCUT2D eigenvalue weighted by Crippen LogP contribution is -1.88. The van der Waals surface area contributed by atoms with E-state index in [1.54, 1.807) is 18.5 Å². The minimum absolute atomic E-state index is 0.331. The van der Waals surface area contributed by atoms with E-state index >= 15 is 0 Å². The van der Waals surface area contributed by atoms with Crippen molar-refractivity contribution in [3.8, 4) is 0 Å². The van der Waals surface area contributed by atoms with Gasteiger partial charge in [-0.2, -0.15) is 0 Å². The van der Waals surface area contributed by atoms with Crippen molar-refractivity contribution in [3.63, 3.8) is 0 Å². The standard InChI is InChI=1S/C6H3ClN4/c7-5-3-4-6(11-10-5)9-2-1-8-4/h1-3H. The van der Waals surface area contributed by atoms with Crippen molar-refractivity contribution in [3.05, 3.63) is 23.6 Å². The maximum absolute atomic E-state index is 5.58. The van der Waals surface area contributed by atoms with E-state index in [1.165, 1.54) is 0 Å². The number of aromatic nitrogens is 4. The summed E-state index contributed by atoms with van der Waals surface area (Å²) in [7, 11) is 0. The third-order valence-electron chi connectivity index (χ3n) is 1.20. The second-order valence-corrected chi connectivity index (χ2v) is 2.32. The van der Waals surface area contributed by atoms with E-state index in [0.717, 1.165) is 0 Å². The Balaban J connectivity index is 2.83. The van der Waals surface area contributed by atoms with Gasteiger partial charge in [-0.15, -0.1) is 10.2 Å². The molecule has 0 radical (unpaired) electrons. The average Bonchev–Trinajstić information content (AvgIpc) is 2.04. The second-order valence-electron chi connectivity index (χ2n) is 1.93. The number of nitrogens with zero attached hydrogens (tertiary/aromatic N) is 4. The smallest absolute Gasteiger partial charge is 0.200 e. The van der Waals surface area contributed by atoms with Crippen LogP contribution in [0.4, 0.5) is 0 Å². The van der Waals surface area contributed by atoms with Gasteiger partial charge in [0.1, 0.15) is 5.52 Å². The highest BCUT2D eigenvalue weighted by atomic mass is 35.5. The fourth-order valence-corrected chi connectivity index (χ4v) is 0.898. The van der Waals surface area contributed by atoms with Crippen molar-refractivity contribution >= 4 is 22.8 Å². The van der Waals surface area contributed by atoms with Gasteiger partial charge in [0, 0.05) is 18.5 Å². The Morgan fingerprint density at radius 1 is 1.09 bits per heavy atom. The van der Waals surface area contributed by atoms with Gasteiger partial charge in [0.05, 0.1) is 0 Å². The first-order chi connectivity index (χ1) is 5.36. The molecule has 0 saturated heterocycles. The maximum atomic E-state index is 5.58. The van der Waals surface area contributed by atoms with E-state index in [-0.39, 0.29) is 0 Å². The fourth-order valence-electron chi connectivity index (χ4n) is 0.757. The Labute approximate surface area is 67.3 Å². The zero-order valence-corrected chi connectivity index (χ0v) is 6.15. The molecule has 2 rings (SSSR count). The van der Waals surface area contributed by atoms with Crippen LogP contribution in [0.25, 0.3) is 11.2 Å². The normalized spacial score (nSPS) is 10.3. The predicted molar refractivity (Wildman–Crippen MR) is 40.1 cm³/mol. The Morgan fingerprint density at radius 2 is 1.91 bits per heavy atom. The second kappa shape index (κ2) is 2.39. The average molecular weight is 167 g/mol. The van der Waals surface area contributed by atoms with Gasteiger partial charge in [0.2, 0.25) is 5.65 Å². The van der Waals surface area contributed by atoms with Gasteiger partial charge in [-0.3, -0.25) is 4.98 Å². The van der Waals surface area contributed by atoms with Crippen molar-refractivity contribution in [1.82, 2.24) is 20.2 Å². The van der Waals surface area contributed by atoms with Gasteiger partial charge in [-0.1, -0.05) is 11.6 Å². The first-order valence-electron chi connectivity index (χ1n) is 2.96. The van der Waals surface area contributed by atoms with Crippen molar-refractivity contribution in [2.75, 3.05) is 0 Å². The lowest BCUT2D eigenvalue weighted by Gasteiger charge is -1.91. The SMILES string of the molecule is Clc1cc2nccnc2nn1. The van der Waals surface area contributed by atoms with Crippen LogP contribution in [0.2, 0.25) is 5.15 Å². The molecule has 0 fully saturated rings. The largest absolute Gasteiger partial charge is 0.251 e. The van der Waals surface area contributed by atoms with E-state index in [4.69, 9.17) is 11.6 Å². The van der Waals surface area contributed by atoms with Gasteiger partial charge in [-0.05, 0) is 0 Å². The van der Waals surface area contributed by atoms with Crippen molar-refractivity contribution in [1.29, 1.82) is 0 Å². The molecule has 0 aromatic carbocycles. The summed E-state index contributed by atoms with van der Waals surface area (Å²) >= 11 is 5.58. The van der Waals surface area contributed by atoms with Crippen LogP contribution >= 0.6 is 11.6 Å². The summed E-state index contributed by atoms with van der Waals surface area (Å²) in [4.78, 5) is 7.92. The first-order valence-corrected chi connectivity index (χ1v) is 3.34. The molecule has 4 nitrogen and oxygen atoms in total. The number of rotatable bonds is 0. The van der Waals surface area contributed by atoms with E-state index < -0.39 is 0 Å². The van der Waals surface area contributed by atoms with Crippen LogP contribution in [-0.4, -0.2) is 20.2 Å². The topological polar surface area (TPSA) is 51.6 Å². The molecule has 0 atom stereocenters. The molecule has 11 heavy (non-hydrogen) atoms. The monoisotopic (exact) mass is 166 g/mol. The molecule has 0 amide bonds. The van der Waals surface area contributed by atoms with Crippen molar-refractivity contribution in [2.45, 2.75) is 0 Å². The number of halogens is 1. The molecule has 0 spiro atoms. The molecule has 0 N–H and O–H groups in total. The number of hydrogen-bond acceptors (Lipinski definition) is 4. The fraction of sp³-hybridized carbons (Fsp3) is 0. The minimum atomic E-state index is 0.331. The summed E-state index contributed by atoms with van der Waals surface area (Å²) in [5.74, 6) is 0. The van der Waals surface area contributed by atoms with E-state index in [9.17, 15) is 0 Å². The van der Waals surface area contributed by atoms with Gasteiger partial charge >= 0.3 is 0 Å². The predicted octanol–water partition coefficient (Wildman–Crippen LogP) is 1.07. The van der Waals surface area contributed by atoms with Crippen LogP contribution in [0.1, 0.15) is 0 Å². The van der Waals surface area contributed by atoms with E-state index in [1.807, 2.05) is 0 Å². The van der Waals surface area contributed by atoms with Crippen LogP contribution in [0.3, 0.4) is 0 Å². The van der Waals surface area contributed by atoms with Crippen LogP contribution < -0.4 is 0 Å². The van der Waals surface area contributed by atoms with Crippen LogP contribution in [0, 0.1) is 0 Å². The van der Waals surface area contributed by atoms with Crippen molar-refractivity contribution < 1.29 is 0 Å². The quantitative estimate of drug-likeness (QED) is 0.588. The lowest BCUT2D eigenvalue weighted by molar-refractivity contribution is 1.04. The number of hydrogen-bond donors (Lipinski definition) is 0. The summed E-state index contributed by atoms with van der Waals surface area (Å²) < 4.78 is 0.